The van der Waals surface area contributed by atoms with Gasteiger partial charge in [0.05, 0.1) is 0 Å². The fraction of sp³-hybridized carbons (Fsp3) is 0.615. The van der Waals surface area contributed by atoms with Gasteiger partial charge in [-0.3, -0.25) is 0 Å². The van der Waals surface area contributed by atoms with Crippen molar-refractivity contribution in [3.8, 4) is 0 Å². The number of ether oxygens (including phenoxy) is 1. The summed E-state index contributed by atoms with van der Waals surface area (Å²) in [6.07, 6.45) is 2.62. The standard InChI is InChI=1S/C13H22O3/c1-6-9-13(15,8-3)11(7-2)16-12(14)10(4)5/h6,11,15H,1,4,7-9H2,2-3,5H3. The first-order valence-corrected chi connectivity index (χ1v) is 5.61. The van der Waals surface area contributed by atoms with Crippen LogP contribution in [0.1, 0.15) is 40.0 Å². The number of aliphatic hydroxyl groups is 1. The number of hydrogen-bond acceptors (Lipinski definition) is 3. The SMILES string of the molecule is C=CCC(O)(CC)C(CC)OC(=O)C(=C)C. The summed E-state index contributed by atoms with van der Waals surface area (Å²) < 4.78 is 5.23. The fourth-order valence-electron chi connectivity index (χ4n) is 1.56. The number of carbonyl (C=O) groups is 1. The third kappa shape index (κ3) is 3.81. The van der Waals surface area contributed by atoms with Gasteiger partial charge in [-0.05, 0) is 26.2 Å². The molecule has 1 N–H and O–H groups in total. The van der Waals surface area contributed by atoms with Crippen LogP contribution in [-0.4, -0.2) is 22.8 Å². The molecule has 2 atom stereocenters. The van der Waals surface area contributed by atoms with E-state index in [1.54, 1.807) is 13.0 Å². The lowest BCUT2D eigenvalue weighted by molar-refractivity contribution is -0.161. The summed E-state index contributed by atoms with van der Waals surface area (Å²) in [5, 5.41) is 10.3. The van der Waals surface area contributed by atoms with Crippen molar-refractivity contribution in [3.05, 3.63) is 24.8 Å². The number of esters is 1. The van der Waals surface area contributed by atoms with E-state index in [4.69, 9.17) is 4.74 Å². The van der Waals surface area contributed by atoms with Crippen LogP contribution in [0, 0.1) is 0 Å². The van der Waals surface area contributed by atoms with Crippen molar-refractivity contribution >= 4 is 5.97 Å². The summed E-state index contributed by atoms with van der Waals surface area (Å²) >= 11 is 0. The molecule has 0 aliphatic carbocycles. The van der Waals surface area contributed by atoms with Gasteiger partial charge in [-0.2, -0.15) is 0 Å². The minimum atomic E-state index is -1.03. The summed E-state index contributed by atoms with van der Waals surface area (Å²) in [5.41, 5.74) is -0.683. The van der Waals surface area contributed by atoms with Gasteiger partial charge in [0.15, 0.2) is 0 Å². The van der Waals surface area contributed by atoms with Crippen LogP contribution in [0.5, 0.6) is 0 Å². The van der Waals surface area contributed by atoms with Crippen LogP contribution in [-0.2, 0) is 9.53 Å². The molecule has 2 unspecified atom stereocenters. The zero-order chi connectivity index (χ0) is 12.8. The van der Waals surface area contributed by atoms with Gasteiger partial charge in [0.25, 0.3) is 0 Å². The smallest absolute Gasteiger partial charge is 0.333 e. The van der Waals surface area contributed by atoms with Gasteiger partial charge < -0.3 is 9.84 Å². The molecule has 0 bridgehead atoms. The maximum atomic E-state index is 11.4. The molecule has 92 valence electrons. The van der Waals surface area contributed by atoms with E-state index >= 15 is 0 Å². The molecule has 0 aromatic rings. The van der Waals surface area contributed by atoms with Crippen LogP contribution in [0.4, 0.5) is 0 Å². The van der Waals surface area contributed by atoms with Crippen LogP contribution < -0.4 is 0 Å². The molecule has 0 spiro atoms. The van der Waals surface area contributed by atoms with E-state index in [0.717, 1.165) is 0 Å². The Hall–Kier alpha value is -1.09. The third-order valence-corrected chi connectivity index (χ3v) is 2.68. The van der Waals surface area contributed by atoms with Gasteiger partial charge in [0.2, 0.25) is 0 Å². The monoisotopic (exact) mass is 226 g/mol. The van der Waals surface area contributed by atoms with Crippen LogP contribution in [0.15, 0.2) is 24.8 Å². The van der Waals surface area contributed by atoms with E-state index in [1.807, 2.05) is 13.8 Å². The van der Waals surface area contributed by atoms with E-state index in [9.17, 15) is 9.90 Å². The Kier molecular flexibility index (Phi) is 6.04. The minimum Gasteiger partial charge on any atom is -0.456 e. The molecule has 3 nitrogen and oxygen atoms in total. The molecule has 3 heteroatoms. The highest BCUT2D eigenvalue weighted by molar-refractivity contribution is 5.87. The highest BCUT2D eigenvalue weighted by atomic mass is 16.6. The van der Waals surface area contributed by atoms with Crippen molar-refractivity contribution in [2.75, 3.05) is 0 Å². The van der Waals surface area contributed by atoms with E-state index in [0.29, 0.717) is 24.8 Å². The van der Waals surface area contributed by atoms with Crippen LogP contribution in [0.25, 0.3) is 0 Å². The predicted molar refractivity (Wildman–Crippen MR) is 65.0 cm³/mol. The number of hydrogen-bond donors (Lipinski definition) is 1. The first kappa shape index (κ1) is 14.9. The Bertz CT molecular complexity index is 270. The first-order chi connectivity index (χ1) is 7.41. The van der Waals surface area contributed by atoms with Crippen LogP contribution in [0.3, 0.4) is 0 Å². The summed E-state index contributed by atoms with van der Waals surface area (Å²) in [6, 6.07) is 0. The molecule has 0 rings (SSSR count). The second-order valence-corrected chi connectivity index (χ2v) is 4.03. The maximum absolute atomic E-state index is 11.4. The Morgan fingerprint density at radius 3 is 2.44 bits per heavy atom. The van der Waals surface area contributed by atoms with Crippen molar-refractivity contribution in [2.45, 2.75) is 51.7 Å². The summed E-state index contributed by atoms with van der Waals surface area (Å²) in [4.78, 5) is 11.4. The minimum absolute atomic E-state index is 0.343. The Balaban J connectivity index is 4.74. The lowest BCUT2D eigenvalue weighted by Crippen LogP contribution is -2.44. The second-order valence-electron chi connectivity index (χ2n) is 4.03. The molecule has 0 heterocycles. The summed E-state index contributed by atoms with van der Waals surface area (Å²) in [5.74, 6) is -0.456. The van der Waals surface area contributed by atoms with Gasteiger partial charge in [-0.15, -0.1) is 6.58 Å². The predicted octanol–water partition coefficient (Wildman–Crippen LogP) is 2.60. The van der Waals surface area contributed by atoms with Gasteiger partial charge in [-0.1, -0.05) is 26.5 Å². The zero-order valence-corrected chi connectivity index (χ0v) is 10.5. The molecule has 16 heavy (non-hydrogen) atoms. The maximum Gasteiger partial charge on any atom is 0.333 e. The first-order valence-electron chi connectivity index (χ1n) is 5.61. The second kappa shape index (κ2) is 6.48. The fourth-order valence-corrected chi connectivity index (χ4v) is 1.56. The topological polar surface area (TPSA) is 46.5 Å². The van der Waals surface area contributed by atoms with Gasteiger partial charge >= 0.3 is 5.97 Å². The highest BCUT2D eigenvalue weighted by Crippen LogP contribution is 2.25. The average Bonchev–Trinajstić information content (AvgIpc) is 2.25. The molecule has 0 radical (unpaired) electrons. The van der Waals surface area contributed by atoms with Crippen LogP contribution >= 0.6 is 0 Å². The number of carbonyl (C=O) groups excluding carboxylic acids is 1. The van der Waals surface area contributed by atoms with Gasteiger partial charge in [0, 0.05) is 5.57 Å². The molecule has 0 amide bonds. The lowest BCUT2D eigenvalue weighted by atomic mass is 9.88. The van der Waals surface area contributed by atoms with Gasteiger partial charge in [-0.25, -0.2) is 4.79 Å². The average molecular weight is 226 g/mol. The molecule has 0 aliphatic heterocycles. The molecule has 0 aromatic carbocycles. The van der Waals surface area contributed by atoms with Crippen molar-refractivity contribution in [3.63, 3.8) is 0 Å². The molecule has 0 fully saturated rings. The largest absolute Gasteiger partial charge is 0.456 e. The molecule has 0 aliphatic rings. The third-order valence-electron chi connectivity index (χ3n) is 2.68. The van der Waals surface area contributed by atoms with E-state index in [-0.39, 0.29) is 0 Å². The zero-order valence-electron chi connectivity index (χ0n) is 10.5. The van der Waals surface area contributed by atoms with Crippen molar-refractivity contribution < 1.29 is 14.6 Å². The molecular weight excluding hydrogens is 204 g/mol. The van der Waals surface area contributed by atoms with E-state index in [2.05, 4.69) is 13.2 Å². The normalized spacial score (nSPS) is 16.0. The Labute approximate surface area is 97.8 Å². The van der Waals surface area contributed by atoms with Crippen molar-refractivity contribution in [1.29, 1.82) is 0 Å². The molecule has 0 saturated carbocycles. The van der Waals surface area contributed by atoms with E-state index in [1.165, 1.54) is 0 Å². The molecule has 0 aromatic heterocycles. The highest BCUT2D eigenvalue weighted by Gasteiger charge is 2.35. The van der Waals surface area contributed by atoms with Crippen molar-refractivity contribution in [1.82, 2.24) is 0 Å². The van der Waals surface area contributed by atoms with Crippen molar-refractivity contribution in [2.24, 2.45) is 0 Å². The van der Waals surface area contributed by atoms with E-state index < -0.39 is 17.7 Å². The molecular formula is C13H22O3. The summed E-state index contributed by atoms with van der Waals surface area (Å²) in [7, 11) is 0. The quantitative estimate of drug-likeness (QED) is 0.412. The summed E-state index contributed by atoms with van der Waals surface area (Å²) in [6.45, 7) is 12.5. The number of rotatable bonds is 7. The van der Waals surface area contributed by atoms with Gasteiger partial charge in [0.1, 0.15) is 11.7 Å². The molecule has 0 saturated heterocycles. The lowest BCUT2D eigenvalue weighted by Gasteiger charge is -2.33. The van der Waals surface area contributed by atoms with Crippen LogP contribution in [0.2, 0.25) is 0 Å². The Morgan fingerprint density at radius 2 is 2.12 bits per heavy atom. The Morgan fingerprint density at radius 1 is 1.56 bits per heavy atom.